The first kappa shape index (κ1) is 59.4. The van der Waals surface area contributed by atoms with Gasteiger partial charge in [0.2, 0.25) is 0 Å². The number of benzene rings is 2. The molecule has 0 unspecified atom stereocenters. The number of aryl methyl sites for hydroxylation is 1. The van der Waals surface area contributed by atoms with Crippen LogP contribution in [0.3, 0.4) is 0 Å². The molecule has 0 radical (unpaired) electrons. The van der Waals surface area contributed by atoms with E-state index in [0.29, 0.717) is 16.7 Å². The van der Waals surface area contributed by atoms with Crippen LogP contribution in [0.4, 0.5) is 0 Å². The van der Waals surface area contributed by atoms with Gasteiger partial charge in [0.15, 0.2) is 36.6 Å². The van der Waals surface area contributed by atoms with Gasteiger partial charge in [0.25, 0.3) is 0 Å². The summed E-state index contributed by atoms with van der Waals surface area (Å²) in [5.41, 5.74) is -0.800. The SMILES string of the molecule is CC(=O)OC[C@H]1O[C@H](c2ccc(C=Cc3ccc([C@H]4O[C@H](COC(=O)C(C)(C)C)[C@@H](OC(=O)C(C)(C)C)[C@H](OC(=O)C(C)(C)C)[C@@H]4OC(=O)C(C)(C)C)c(C)c3)cc2)[C@@H](OC(C)=O)[C@@H](OC(C)=O)[C@@H]1OC(C)=O. The predicted molar refractivity (Wildman–Crippen MR) is 263 cm³/mol. The zero-order chi connectivity index (χ0) is 55.1. The van der Waals surface area contributed by atoms with Crippen molar-refractivity contribution in [1.29, 1.82) is 0 Å². The predicted octanol–water partition coefficient (Wildman–Crippen LogP) is 7.87. The third-order valence-electron chi connectivity index (χ3n) is 11.5. The van der Waals surface area contributed by atoms with Crippen molar-refractivity contribution in [1.82, 2.24) is 0 Å². The largest absolute Gasteiger partial charge is 0.463 e. The second kappa shape index (κ2) is 23.8. The fourth-order valence-electron chi connectivity index (χ4n) is 7.59. The van der Waals surface area contributed by atoms with E-state index in [2.05, 4.69) is 0 Å². The van der Waals surface area contributed by atoms with Crippen molar-refractivity contribution in [3.8, 4) is 0 Å². The maximum absolute atomic E-state index is 13.8. The monoisotopic (exact) mass is 1020 g/mol. The molecule has 10 atom stereocenters. The van der Waals surface area contributed by atoms with Crippen LogP contribution in [-0.2, 0) is 85.7 Å². The summed E-state index contributed by atoms with van der Waals surface area (Å²) in [6.07, 6.45) is -8.88. The summed E-state index contributed by atoms with van der Waals surface area (Å²) in [6.45, 7) is 25.8. The first-order valence-corrected chi connectivity index (χ1v) is 24.2. The number of hydrogen-bond donors (Lipinski definition) is 0. The first-order chi connectivity index (χ1) is 33.6. The third kappa shape index (κ3) is 16.4. The Morgan fingerprint density at radius 3 is 1.27 bits per heavy atom. The molecule has 2 fully saturated rings. The maximum atomic E-state index is 13.8. The summed E-state index contributed by atoms with van der Waals surface area (Å²) in [5.74, 6) is -5.35. The Kier molecular flexibility index (Phi) is 19.4. The molecule has 402 valence electrons. The van der Waals surface area contributed by atoms with E-state index in [4.69, 9.17) is 47.4 Å². The van der Waals surface area contributed by atoms with E-state index in [-0.39, 0.29) is 6.61 Å². The fourth-order valence-corrected chi connectivity index (χ4v) is 7.59. The summed E-state index contributed by atoms with van der Waals surface area (Å²) in [6, 6.07) is 12.5. The lowest BCUT2D eigenvalue weighted by molar-refractivity contribution is -0.262. The van der Waals surface area contributed by atoms with Crippen molar-refractivity contribution in [2.45, 2.75) is 179 Å². The minimum atomic E-state index is -1.42. The molecule has 73 heavy (non-hydrogen) atoms. The van der Waals surface area contributed by atoms with Crippen LogP contribution in [0, 0.1) is 28.6 Å². The molecule has 2 aromatic rings. The highest BCUT2D eigenvalue weighted by molar-refractivity contribution is 5.78. The Bertz CT molecular complexity index is 2370. The molecule has 0 N–H and O–H groups in total. The van der Waals surface area contributed by atoms with E-state index in [0.717, 1.165) is 25.0 Å². The van der Waals surface area contributed by atoms with Crippen LogP contribution in [-0.4, -0.2) is 110 Å². The number of hydrogen-bond acceptors (Lipinski definition) is 18. The molecule has 0 saturated carbocycles. The molecule has 0 spiro atoms. The average molecular weight is 1020 g/mol. The molecule has 2 aromatic carbocycles. The first-order valence-electron chi connectivity index (χ1n) is 24.2. The molecular formula is C55H74O18. The summed E-state index contributed by atoms with van der Waals surface area (Å²) in [7, 11) is 0. The minimum Gasteiger partial charge on any atom is -0.463 e. The Morgan fingerprint density at radius 1 is 0.438 bits per heavy atom. The highest BCUT2D eigenvalue weighted by atomic mass is 16.7. The van der Waals surface area contributed by atoms with Crippen molar-refractivity contribution in [3.63, 3.8) is 0 Å². The van der Waals surface area contributed by atoms with Gasteiger partial charge in [-0.15, -0.1) is 0 Å². The third-order valence-corrected chi connectivity index (χ3v) is 11.5. The maximum Gasteiger partial charge on any atom is 0.311 e. The van der Waals surface area contributed by atoms with Gasteiger partial charge in [-0.05, 0) is 118 Å². The molecule has 18 heteroatoms. The number of esters is 8. The number of ether oxygens (including phenoxy) is 10. The standard InChI is InChI=1S/C55H74O18/c1-29-26-35(19-18-34-20-23-36(24-21-34)40-44(67-32(4)58)46(68-33(5)59)42(66-31(3)57)38(69-40)27-64-30(2)56)22-25-37(29)41-45(72-50(62)54(12,13)14)47(73-51(63)55(15,16)17)43(71-49(61)53(9,10)11)39(70-41)28-65-48(60)52(6,7)8/h18-26,38-47H,27-28H2,1-17H3/t38-,39-,40-,41-,42-,43-,44-,45-,46+,47+/m1/s1. The number of carbonyl (C=O) groups is 8. The lowest BCUT2D eigenvalue weighted by atomic mass is 9.87. The van der Waals surface area contributed by atoms with Gasteiger partial charge in [-0.1, -0.05) is 54.6 Å². The van der Waals surface area contributed by atoms with Gasteiger partial charge in [0.1, 0.15) is 37.6 Å². The summed E-state index contributed by atoms with van der Waals surface area (Å²) in [5, 5.41) is 0. The summed E-state index contributed by atoms with van der Waals surface area (Å²) in [4.78, 5) is 103. The molecule has 2 saturated heterocycles. The van der Waals surface area contributed by atoms with Crippen molar-refractivity contribution >= 4 is 59.9 Å². The minimum absolute atomic E-state index is 0.366. The van der Waals surface area contributed by atoms with E-state index in [1.165, 1.54) is 13.8 Å². The summed E-state index contributed by atoms with van der Waals surface area (Å²) >= 11 is 0. The van der Waals surface area contributed by atoms with Gasteiger partial charge in [0, 0.05) is 27.7 Å². The second-order valence-electron chi connectivity index (χ2n) is 22.5. The lowest BCUT2D eigenvalue weighted by Gasteiger charge is -2.46. The zero-order valence-electron chi connectivity index (χ0n) is 45.2. The van der Waals surface area contributed by atoms with Crippen LogP contribution in [0.2, 0.25) is 0 Å². The molecule has 0 amide bonds. The fraction of sp³-hybridized carbons (Fsp3) is 0.600. The van der Waals surface area contributed by atoms with Gasteiger partial charge in [-0.25, -0.2) is 0 Å². The Balaban J connectivity index is 1.77. The zero-order valence-corrected chi connectivity index (χ0v) is 45.2. The van der Waals surface area contributed by atoms with Crippen molar-refractivity contribution in [3.05, 3.63) is 70.3 Å². The highest BCUT2D eigenvalue weighted by Crippen LogP contribution is 2.42. The van der Waals surface area contributed by atoms with E-state index < -0.39 is 137 Å². The van der Waals surface area contributed by atoms with Gasteiger partial charge in [0.05, 0.1) is 21.7 Å². The molecule has 2 heterocycles. The van der Waals surface area contributed by atoms with Gasteiger partial charge in [-0.3, -0.25) is 38.4 Å². The quantitative estimate of drug-likeness (QED) is 0.0996. The molecule has 2 aliphatic heterocycles. The van der Waals surface area contributed by atoms with E-state index in [1.54, 1.807) is 113 Å². The van der Waals surface area contributed by atoms with E-state index in [9.17, 15) is 38.4 Å². The summed E-state index contributed by atoms with van der Waals surface area (Å²) < 4.78 is 59.5. The van der Waals surface area contributed by atoms with E-state index in [1.807, 2.05) is 31.2 Å². The molecule has 0 aliphatic carbocycles. The Labute approximate surface area is 428 Å². The van der Waals surface area contributed by atoms with Gasteiger partial charge in [-0.2, -0.15) is 0 Å². The van der Waals surface area contributed by atoms with Crippen LogP contribution in [0.15, 0.2) is 42.5 Å². The average Bonchev–Trinajstić information content (AvgIpc) is 3.25. The van der Waals surface area contributed by atoms with Gasteiger partial charge >= 0.3 is 47.8 Å². The normalized spacial score (nSPS) is 24.6. The van der Waals surface area contributed by atoms with Crippen LogP contribution < -0.4 is 0 Å². The van der Waals surface area contributed by atoms with E-state index >= 15 is 0 Å². The molecular weight excluding hydrogens is 949 g/mol. The van der Waals surface area contributed by atoms with Crippen molar-refractivity contribution in [2.75, 3.05) is 13.2 Å². The smallest absolute Gasteiger partial charge is 0.311 e. The molecule has 4 rings (SSSR count). The Morgan fingerprint density at radius 2 is 0.808 bits per heavy atom. The van der Waals surface area contributed by atoms with Gasteiger partial charge < -0.3 is 47.4 Å². The topological polar surface area (TPSA) is 229 Å². The van der Waals surface area contributed by atoms with Crippen molar-refractivity contribution < 1.29 is 85.7 Å². The number of rotatable bonds is 14. The lowest BCUT2D eigenvalue weighted by Crippen LogP contribution is -2.61. The van der Waals surface area contributed by atoms with Crippen LogP contribution in [0.25, 0.3) is 12.2 Å². The van der Waals surface area contributed by atoms with Crippen molar-refractivity contribution in [2.24, 2.45) is 21.7 Å². The van der Waals surface area contributed by atoms with Crippen LogP contribution in [0.5, 0.6) is 0 Å². The molecule has 2 aliphatic rings. The van der Waals surface area contributed by atoms with Crippen LogP contribution in [0.1, 0.15) is 151 Å². The highest BCUT2D eigenvalue weighted by Gasteiger charge is 2.56. The molecule has 18 nitrogen and oxygen atoms in total. The second-order valence-corrected chi connectivity index (χ2v) is 22.5. The molecule has 0 aromatic heterocycles. The molecule has 0 bridgehead atoms. The van der Waals surface area contributed by atoms with Crippen LogP contribution >= 0.6 is 0 Å². The number of carbonyl (C=O) groups excluding carboxylic acids is 8. The Hall–Kier alpha value is -6.14.